The van der Waals surface area contributed by atoms with E-state index in [1.165, 1.54) is 23.5 Å². The summed E-state index contributed by atoms with van der Waals surface area (Å²) in [5, 5.41) is 7.53. The zero-order chi connectivity index (χ0) is 18.1. The molecule has 1 aliphatic heterocycles. The van der Waals surface area contributed by atoms with Crippen LogP contribution in [0.1, 0.15) is 10.4 Å². The number of ether oxygens (including phenoxy) is 1. The Hall–Kier alpha value is -3.26. The Morgan fingerprint density at radius 3 is 3.00 bits per heavy atom. The zero-order valence-corrected chi connectivity index (χ0v) is 14.1. The van der Waals surface area contributed by atoms with E-state index in [2.05, 4.69) is 15.6 Å². The van der Waals surface area contributed by atoms with Crippen LogP contribution in [0.2, 0.25) is 0 Å². The van der Waals surface area contributed by atoms with E-state index in [1.54, 1.807) is 35.7 Å². The van der Waals surface area contributed by atoms with Gasteiger partial charge in [-0.3, -0.25) is 14.9 Å². The van der Waals surface area contributed by atoms with Gasteiger partial charge in [0, 0.05) is 16.5 Å². The molecule has 130 valence electrons. The quantitative estimate of drug-likeness (QED) is 0.740. The SMILES string of the molecule is O=C1COc2cc(C(=O)Nc3nc(-c4cccc(F)c4)cs3)ccc2N1. The van der Waals surface area contributed by atoms with E-state index in [0.29, 0.717) is 33.4 Å². The Morgan fingerprint density at radius 1 is 1.27 bits per heavy atom. The highest BCUT2D eigenvalue weighted by atomic mass is 32.1. The number of benzene rings is 2. The van der Waals surface area contributed by atoms with Crippen LogP contribution in [-0.2, 0) is 4.79 Å². The van der Waals surface area contributed by atoms with Gasteiger partial charge in [0.1, 0.15) is 11.6 Å². The molecular formula is C18H12FN3O3S. The lowest BCUT2D eigenvalue weighted by molar-refractivity contribution is -0.118. The topological polar surface area (TPSA) is 80.3 Å². The van der Waals surface area contributed by atoms with E-state index in [1.807, 2.05) is 0 Å². The minimum absolute atomic E-state index is 0.0818. The van der Waals surface area contributed by atoms with Crippen LogP contribution in [0.5, 0.6) is 5.75 Å². The molecule has 2 heterocycles. The Balaban J connectivity index is 1.51. The number of halogens is 1. The van der Waals surface area contributed by atoms with Crippen molar-refractivity contribution in [1.82, 2.24) is 4.98 Å². The van der Waals surface area contributed by atoms with Crippen molar-refractivity contribution in [3.63, 3.8) is 0 Å². The van der Waals surface area contributed by atoms with Crippen LogP contribution < -0.4 is 15.4 Å². The van der Waals surface area contributed by atoms with Gasteiger partial charge in [-0.2, -0.15) is 0 Å². The number of carbonyl (C=O) groups excluding carboxylic acids is 2. The first-order valence-electron chi connectivity index (χ1n) is 7.68. The average molecular weight is 369 g/mol. The number of anilines is 2. The molecule has 0 saturated carbocycles. The molecule has 4 rings (SSSR count). The van der Waals surface area contributed by atoms with Crippen LogP contribution in [0.4, 0.5) is 15.2 Å². The van der Waals surface area contributed by atoms with Gasteiger partial charge < -0.3 is 10.1 Å². The van der Waals surface area contributed by atoms with E-state index >= 15 is 0 Å². The highest BCUT2D eigenvalue weighted by Crippen LogP contribution is 2.29. The Morgan fingerprint density at radius 2 is 2.15 bits per heavy atom. The summed E-state index contributed by atoms with van der Waals surface area (Å²) in [4.78, 5) is 28.0. The first-order chi connectivity index (χ1) is 12.6. The summed E-state index contributed by atoms with van der Waals surface area (Å²) < 4.78 is 18.6. The molecule has 1 aliphatic rings. The molecule has 8 heteroatoms. The predicted molar refractivity (Wildman–Crippen MR) is 96.0 cm³/mol. The third kappa shape index (κ3) is 3.27. The molecule has 26 heavy (non-hydrogen) atoms. The highest BCUT2D eigenvalue weighted by molar-refractivity contribution is 7.14. The number of carbonyl (C=O) groups is 2. The fourth-order valence-corrected chi connectivity index (χ4v) is 3.21. The summed E-state index contributed by atoms with van der Waals surface area (Å²) in [7, 11) is 0. The second-order valence-electron chi connectivity index (χ2n) is 5.55. The van der Waals surface area contributed by atoms with Crippen molar-refractivity contribution in [2.45, 2.75) is 0 Å². The van der Waals surface area contributed by atoms with Gasteiger partial charge in [-0.25, -0.2) is 9.37 Å². The number of hydrogen-bond donors (Lipinski definition) is 2. The Labute approximate surface area is 151 Å². The van der Waals surface area contributed by atoms with Crippen molar-refractivity contribution in [3.8, 4) is 17.0 Å². The van der Waals surface area contributed by atoms with Crippen molar-refractivity contribution in [2.75, 3.05) is 17.2 Å². The van der Waals surface area contributed by atoms with Gasteiger partial charge >= 0.3 is 0 Å². The molecule has 2 aromatic carbocycles. The number of hydrogen-bond acceptors (Lipinski definition) is 5. The molecule has 0 radical (unpaired) electrons. The summed E-state index contributed by atoms with van der Waals surface area (Å²) in [6.45, 7) is -0.0818. The van der Waals surface area contributed by atoms with Crippen molar-refractivity contribution in [1.29, 1.82) is 0 Å². The molecular weight excluding hydrogens is 357 g/mol. The summed E-state index contributed by atoms with van der Waals surface area (Å²) in [6.07, 6.45) is 0. The summed E-state index contributed by atoms with van der Waals surface area (Å²) in [5.74, 6) is -0.491. The molecule has 0 fully saturated rings. The van der Waals surface area contributed by atoms with Gasteiger partial charge in [0.05, 0.1) is 11.4 Å². The van der Waals surface area contributed by atoms with Crippen molar-refractivity contribution < 1.29 is 18.7 Å². The molecule has 2 N–H and O–H groups in total. The van der Waals surface area contributed by atoms with Crippen LogP contribution in [0, 0.1) is 5.82 Å². The smallest absolute Gasteiger partial charge is 0.262 e. The maximum absolute atomic E-state index is 13.3. The molecule has 0 spiro atoms. The normalized spacial score (nSPS) is 12.7. The lowest BCUT2D eigenvalue weighted by Crippen LogP contribution is -2.25. The Kier molecular flexibility index (Phi) is 4.10. The molecule has 0 aliphatic carbocycles. The van der Waals surface area contributed by atoms with Crippen LogP contribution in [0.15, 0.2) is 47.8 Å². The van der Waals surface area contributed by atoms with Gasteiger partial charge in [-0.1, -0.05) is 12.1 Å². The molecule has 0 atom stereocenters. The van der Waals surface area contributed by atoms with Gasteiger partial charge in [0.2, 0.25) is 0 Å². The maximum Gasteiger partial charge on any atom is 0.262 e. The van der Waals surface area contributed by atoms with Gasteiger partial charge in [-0.05, 0) is 30.3 Å². The number of nitrogens with zero attached hydrogens (tertiary/aromatic N) is 1. The van der Waals surface area contributed by atoms with Gasteiger partial charge in [-0.15, -0.1) is 11.3 Å². The number of nitrogens with one attached hydrogen (secondary N) is 2. The van der Waals surface area contributed by atoms with E-state index in [9.17, 15) is 14.0 Å². The van der Waals surface area contributed by atoms with E-state index in [4.69, 9.17) is 4.74 Å². The summed E-state index contributed by atoms with van der Waals surface area (Å²) in [6, 6.07) is 10.9. The second-order valence-corrected chi connectivity index (χ2v) is 6.41. The first-order valence-corrected chi connectivity index (χ1v) is 8.56. The molecule has 0 bridgehead atoms. The minimum atomic E-state index is -0.353. The van der Waals surface area contributed by atoms with Gasteiger partial charge in [0.15, 0.2) is 11.7 Å². The lowest BCUT2D eigenvalue weighted by Gasteiger charge is -2.18. The monoisotopic (exact) mass is 369 g/mol. The molecule has 0 unspecified atom stereocenters. The molecule has 2 amide bonds. The van der Waals surface area contributed by atoms with E-state index in [-0.39, 0.29) is 24.2 Å². The third-order valence-electron chi connectivity index (χ3n) is 3.72. The van der Waals surface area contributed by atoms with E-state index in [0.717, 1.165) is 0 Å². The number of rotatable bonds is 3. The molecule has 3 aromatic rings. The molecule has 0 saturated heterocycles. The van der Waals surface area contributed by atoms with Crippen LogP contribution >= 0.6 is 11.3 Å². The largest absolute Gasteiger partial charge is 0.482 e. The number of amides is 2. The standard InChI is InChI=1S/C18H12FN3O3S/c19-12-3-1-2-10(6-12)14-9-26-18(21-14)22-17(24)11-4-5-13-15(7-11)25-8-16(23)20-13/h1-7,9H,8H2,(H,20,23)(H,21,22,24). The molecule has 6 nitrogen and oxygen atoms in total. The maximum atomic E-state index is 13.3. The van der Waals surface area contributed by atoms with Gasteiger partial charge in [0.25, 0.3) is 11.8 Å². The van der Waals surface area contributed by atoms with Crippen LogP contribution in [0.3, 0.4) is 0 Å². The number of fused-ring (bicyclic) bond motifs is 1. The van der Waals surface area contributed by atoms with Crippen molar-refractivity contribution >= 4 is 34.0 Å². The zero-order valence-electron chi connectivity index (χ0n) is 13.3. The fraction of sp³-hybridized carbons (Fsp3) is 0.0556. The number of aromatic nitrogens is 1. The first kappa shape index (κ1) is 16.2. The summed E-state index contributed by atoms with van der Waals surface area (Å²) in [5.41, 5.74) is 2.13. The average Bonchev–Trinajstić information content (AvgIpc) is 3.09. The second kappa shape index (κ2) is 6.57. The third-order valence-corrected chi connectivity index (χ3v) is 4.48. The minimum Gasteiger partial charge on any atom is -0.482 e. The predicted octanol–water partition coefficient (Wildman–Crippen LogP) is 3.53. The Bertz CT molecular complexity index is 1020. The van der Waals surface area contributed by atoms with E-state index < -0.39 is 0 Å². The van der Waals surface area contributed by atoms with Crippen molar-refractivity contribution in [3.05, 3.63) is 59.2 Å². The van der Waals surface area contributed by atoms with Crippen LogP contribution in [0.25, 0.3) is 11.3 Å². The highest BCUT2D eigenvalue weighted by Gasteiger charge is 2.18. The fourth-order valence-electron chi connectivity index (χ4n) is 2.50. The number of thiazole rings is 1. The lowest BCUT2D eigenvalue weighted by atomic mass is 10.1. The molecule has 1 aromatic heterocycles. The summed E-state index contributed by atoms with van der Waals surface area (Å²) >= 11 is 1.25. The van der Waals surface area contributed by atoms with Crippen LogP contribution in [-0.4, -0.2) is 23.4 Å². The van der Waals surface area contributed by atoms with Crippen molar-refractivity contribution in [2.24, 2.45) is 0 Å².